The average molecular weight is 309 g/mol. The molecule has 2 unspecified atom stereocenters. The van der Waals surface area contributed by atoms with Gasteiger partial charge >= 0.3 is 0 Å². The molecule has 0 amide bonds. The van der Waals surface area contributed by atoms with Crippen LogP contribution in [0.2, 0.25) is 0 Å². The maximum Gasteiger partial charge on any atom is 0.129 e. The van der Waals surface area contributed by atoms with Crippen molar-refractivity contribution in [2.75, 3.05) is 0 Å². The summed E-state index contributed by atoms with van der Waals surface area (Å²) in [5.74, 6) is -0.598. The van der Waals surface area contributed by atoms with Gasteiger partial charge in [-0.3, -0.25) is 0 Å². The highest BCUT2D eigenvalue weighted by molar-refractivity contribution is 6.20. The van der Waals surface area contributed by atoms with E-state index in [0.717, 1.165) is 18.1 Å². The zero-order chi connectivity index (χ0) is 15.4. The Kier molecular flexibility index (Phi) is 5.35. The molecule has 0 nitrogen and oxygen atoms in total. The molecule has 2 rings (SSSR count). The van der Waals surface area contributed by atoms with E-state index in [-0.39, 0.29) is 5.38 Å². The molecule has 0 aliphatic carbocycles. The third kappa shape index (κ3) is 4.04. The fraction of sp³-hybridized carbons (Fsp3) is 0.333. The molecular formula is C18H19ClF2. The second kappa shape index (κ2) is 7.04. The summed E-state index contributed by atoms with van der Waals surface area (Å²) < 4.78 is 26.5. The van der Waals surface area contributed by atoms with Gasteiger partial charge in [0.05, 0.1) is 5.38 Å². The highest BCUT2D eigenvalue weighted by atomic mass is 35.5. The number of hydrogen-bond donors (Lipinski definition) is 0. The van der Waals surface area contributed by atoms with E-state index in [1.54, 1.807) is 0 Å². The number of benzene rings is 2. The molecule has 0 N–H and O–H groups in total. The van der Waals surface area contributed by atoms with Crippen LogP contribution in [0.3, 0.4) is 0 Å². The van der Waals surface area contributed by atoms with Crippen molar-refractivity contribution in [3.8, 4) is 0 Å². The van der Waals surface area contributed by atoms with Gasteiger partial charge in [0.25, 0.3) is 0 Å². The van der Waals surface area contributed by atoms with Crippen LogP contribution in [0, 0.1) is 11.6 Å². The lowest BCUT2D eigenvalue weighted by Gasteiger charge is -2.13. The summed E-state index contributed by atoms with van der Waals surface area (Å²) in [6.07, 6.45) is 1.43. The van der Waals surface area contributed by atoms with E-state index >= 15 is 0 Å². The van der Waals surface area contributed by atoms with E-state index in [9.17, 15) is 8.78 Å². The largest absolute Gasteiger partial charge is 0.207 e. The van der Waals surface area contributed by atoms with Crippen molar-refractivity contribution in [1.82, 2.24) is 0 Å². The minimum Gasteiger partial charge on any atom is -0.207 e. The lowest BCUT2D eigenvalue weighted by atomic mass is 9.96. The summed E-state index contributed by atoms with van der Waals surface area (Å²) in [5.41, 5.74) is 2.66. The predicted molar refractivity (Wildman–Crippen MR) is 83.8 cm³/mol. The van der Waals surface area contributed by atoms with Gasteiger partial charge in [-0.15, -0.1) is 11.6 Å². The Labute approximate surface area is 129 Å². The van der Waals surface area contributed by atoms with E-state index in [4.69, 9.17) is 11.6 Å². The highest BCUT2D eigenvalue weighted by Crippen LogP contribution is 2.28. The van der Waals surface area contributed by atoms with E-state index in [1.165, 1.54) is 17.7 Å². The molecule has 2 aromatic rings. The molecule has 0 aliphatic heterocycles. The van der Waals surface area contributed by atoms with E-state index < -0.39 is 11.6 Å². The molecule has 0 spiro atoms. The Bertz CT molecular complexity index is 593. The molecule has 2 aromatic carbocycles. The standard InChI is InChI=1S/C18H19ClF2/c1-3-12(2)13-4-6-14(7-5-13)17(19)10-15-8-9-16(20)11-18(15)21/h4-9,11-12,17H,3,10H2,1-2H3. The highest BCUT2D eigenvalue weighted by Gasteiger charge is 2.13. The molecule has 3 heteroatoms. The summed E-state index contributed by atoms with van der Waals surface area (Å²) in [7, 11) is 0. The summed E-state index contributed by atoms with van der Waals surface area (Å²) >= 11 is 6.36. The lowest BCUT2D eigenvalue weighted by molar-refractivity contribution is 0.570. The van der Waals surface area contributed by atoms with Crippen molar-refractivity contribution in [2.45, 2.75) is 38.0 Å². The topological polar surface area (TPSA) is 0 Å². The molecule has 21 heavy (non-hydrogen) atoms. The zero-order valence-electron chi connectivity index (χ0n) is 12.2. The summed E-state index contributed by atoms with van der Waals surface area (Å²) in [6.45, 7) is 4.33. The Morgan fingerprint density at radius 2 is 1.62 bits per heavy atom. The number of halogens is 3. The van der Waals surface area contributed by atoms with Crippen LogP contribution in [-0.4, -0.2) is 0 Å². The van der Waals surface area contributed by atoms with Crippen LogP contribution in [0.1, 0.15) is 48.3 Å². The summed E-state index contributed by atoms with van der Waals surface area (Å²) in [4.78, 5) is 0. The molecule has 0 aromatic heterocycles. The van der Waals surface area contributed by atoms with Crippen LogP contribution in [0.25, 0.3) is 0 Å². The molecule has 0 fully saturated rings. The maximum absolute atomic E-state index is 13.6. The van der Waals surface area contributed by atoms with Crippen LogP contribution in [0.15, 0.2) is 42.5 Å². The van der Waals surface area contributed by atoms with Crippen molar-refractivity contribution in [2.24, 2.45) is 0 Å². The molecule has 0 bridgehead atoms. The van der Waals surface area contributed by atoms with Gasteiger partial charge in [0.1, 0.15) is 11.6 Å². The molecule has 0 saturated heterocycles. The summed E-state index contributed by atoms with van der Waals surface area (Å²) in [5, 5.41) is -0.323. The first-order valence-corrected chi connectivity index (χ1v) is 7.62. The van der Waals surface area contributed by atoms with Gasteiger partial charge in [0, 0.05) is 6.07 Å². The molecule has 112 valence electrons. The average Bonchev–Trinajstić information content (AvgIpc) is 2.49. The quantitative estimate of drug-likeness (QED) is 0.594. The SMILES string of the molecule is CCC(C)c1ccc(C(Cl)Cc2ccc(F)cc2F)cc1. The second-order valence-corrected chi connectivity index (χ2v) is 5.91. The monoisotopic (exact) mass is 308 g/mol. The molecular weight excluding hydrogens is 290 g/mol. The summed E-state index contributed by atoms with van der Waals surface area (Å²) in [6, 6.07) is 11.7. The van der Waals surface area contributed by atoms with Gasteiger partial charge in [-0.25, -0.2) is 8.78 Å². The van der Waals surface area contributed by atoms with Gasteiger partial charge in [-0.2, -0.15) is 0 Å². The van der Waals surface area contributed by atoms with Gasteiger partial charge in [0.2, 0.25) is 0 Å². The Balaban J connectivity index is 2.11. The first-order chi connectivity index (χ1) is 10.0. The first-order valence-electron chi connectivity index (χ1n) is 7.19. The maximum atomic E-state index is 13.6. The van der Waals surface area contributed by atoms with Gasteiger partial charge < -0.3 is 0 Å². The fourth-order valence-electron chi connectivity index (χ4n) is 2.27. The third-order valence-electron chi connectivity index (χ3n) is 3.89. The van der Waals surface area contributed by atoms with Gasteiger partial charge in [-0.05, 0) is 41.5 Å². The van der Waals surface area contributed by atoms with Crippen LogP contribution in [0.5, 0.6) is 0 Å². The lowest BCUT2D eigenvalue weighted by Crippen LogP contribution is -2.00. The van der Waals surface area contributed by atoms with Gasteiger partial charge in [0.15, 0.2) is 0 Å². The van der Waals surface area contributed by atoms with Crippen LogP contribution >= 0.6 is 11.6 Å². The van der Waals surface area contributed by atoms with Crippen molar-refractivity contribution in [3.05, 3.63) is 70.8 Å². The third-order valence-corrected chi connectivity index (χ3v) is 4.30. The Morgan fingerprint density at radius 3 is 2.19 bits per heavy atom. The molecule has 0 saturated carbocycles. The molecule has 2 atom stereocenters. The zero-order valence-corrected chi connectivity index (χ0v) is 13.0. The Hall–Kier alpha value is -1.41. The first kappa shape index (κ1) is 16.0. The number of alkyl halides is 1. The minimum atomic E-state index is -0.569. The van der Waals surface area contributed by atoms with E-state index in [0.29, 0.717) is 17.9 Å². The van der Waals surface area contributed by atoms with Crippen molar-refractivity contribution < 1.29 is 8.78 Å². The normalized spacial score (nSPS) is 14.0. The van der Waals surface area contributed by atoms with Crippen molar-refractivity contribution in [1.29, 1.82) is 0 Å². The second-order valence-electron chi connectivity index (χ2n) is 5.38. The van der Waals surface area contributed by atoms with Crippen LogP contribution in [-0.2, 0) is 6.42 Å². The van der Waals surface area contributed by atoms with Crippen LogP contribution in [0.4, 0.5) is 8.78 Å². The number of hydrogen-bond acceptors (Lipinski definition) is 0. The van der Waals surface area contributed by atoms with Crippen molar-refractivity contribution >= 4 is 11.6 Å². The number of rotatable bonds is 5. The van der Waals surface area contributed by atoms with E-state index in [1.807, 2.05) is 12.1 Å². The van der Waals surface area contributed by atoms with Gasteiger partial charge in [-0.1, -0.05) is 44.2 Å². The molecule has 0 aliphatic rings. The molecule has 0 heterocycles. The van der Waals surface area contributed by atoms with E-state index in [2.05, 4.69) is 26.0 Å². The fourth-order valence-corrected chi connectivity index (χ4v) is 2.58. The van der Waals surface area contributed by atoms with Crippen molar-refractivity contribution in [3.63, 3.8) is 0 Å². The predicted octanol–water partition coefficient (Wildman–Crippen LogP) is 6.00. The van der Waals surface area contributed by atoms with Crippen LogP contribution < -0.4 is 0 Å². The molecule has 0 radical (unpaired) electrons. The Morgan fingerprint density at radius 1 is 1.00 bits per heavy atom. The smallest absolute Gasteiger partial charge is 0.129 e. The minimum absolute atomic E-state index is 0.323.